The van der Waals surface area contributed by atoms with Crippen LogP contribution in [0.5, 0.6) is 0 Å². The van der Waals surface area contributed by atoms with Crippen molar-refractivity contribution >= 4 is 15.7 Å². The zero-order valence-corrected chi connectivity index (χ0v) is 14.3. The van der Waals surface area contributed by atoms with E-state index in [9.17, 15) is 13.2 Å². The molecule has 0 saturated carbocycles. The zero-order valence-electron chi connectivity index (χ0n) is 13.5. The largest absolute Gasteiger partial charge is 0.355 e. The van der Waals surface area contributed by atoms with Gasteiger partial charge in [0.25, 0.3) is 5.91 Å². The van der Waals surface area contributed by atoms with Crippen molar-refractivity contribution < 1.29 is 13.2 Å². The summed E-state index contributed by atoms with van der Waals surface area (Å²) >= 11 is 0. The number of carbonyl (C=O) groups excluding carboxylic acids is 1. The summed E-state index contributed by atoms with van der Waals surface area (Å²) in [5.41, 5.74) is 1.73. The number of benzene rings is 2. The molecule has 1 amide bonds. The predicted octanol–water partition coefficient (Wildman–Crippen LogP) is 2.94. The van der Waals surface area contributed by atoms with Gasteiger partial charge >= 0.3 is 0 Å². The van der Waals surface area contributed by atoms with Gasteiger partial charge in [-0.05, 0) is 41.5 Å². The lowest BCUT2D eigenvalue weighted by molar-refractivity contribution is 0.0963. The highest BCUT2D eigenvalue weighted by molar-refractivity contribution is 7.91. The van der Waals surface area contributed by atoms with Crippen molar-refractivity contribution in [1.29, 1.82) is 0 Å². The molecule has 126 valence electrons. The first-order valence-electron chi connectivity index (χ1n) is 7.61. The number of amides is 1. The molecule has 0 radical (unpaired) electrons. The smallest absolute Gasteiger partial charge is 0.251 e. The fourth-order valence-electron chi connectivity index (χ4n) is 2.51. The maximum absolute atomic E-state index is 12.8. The van der Waals surface area contributed by atoms with Crippen LogP contribution in [0.25, 0.3) is 11.1 Å². The van der Waals surface area contributed by atoms with E-state index in [2.05, 4.69) is 10.3 Å². The molecule has 0 saturated heterocycles. The maximum Gasteiger partial charge on any atom is 0.251 e. The van der Waals surface area contributed by atoms with Gasteiger partial charge in [0.1, 0.15) is 0 Å². The fourth-order valence-corrected chi connectivity index (χ4v) is 3.73. The first-order valence-corrected chi connectivity index (χ1v) is 9.10. The molecule has 3 rings (SSSR count). The molecule has 1 aromatic heterocycles. The van der Waals surface area contributed by atoms with Crippen LogP contribution in [-0.2, 0) is 9.84 Å². The van der Waals surface area contributed by atoms with Gasteiger partial charge in [-0.2, -0.15) is 0 Å². The number of pyridine rings is 1. The molecule has 0 unspecified atom stereocenters. The molecule has 0 aliphatic rings. The lowest BCUT2D eigenvalue weighted by atomic mass is 9.99. The van der Waals surface area contributed by atoms with E-state index in [0.717, 1.165) is 5.56 Å². The highest BCUT2D eigenvalue weighted by Gasteiger charge is 2.22. The molecule has 25 heavy (non-hydrogen) atoms. The van der Waals surface area contributed by atoms with Crippen molar-refractivity contribution in [1.82, 2.24) is 10.3 Å². The van der Waals surface area contributed by atoms with Gasteiger partial charge in [0.2, 0.25) is 9.84 Å². The summed E-state index contributed by atoms with van der Waals surface area (Å²) in [6, 6.07) is 18.4. The highest BCUT2D eigenvalue weighted by Crippen LogP contribution is 2.29. The van der Waals surface area contributed by atoms with Crippen LogP contribution >= 0.6 is 0 Å². The number of carbonyl (C=O) groups is 1. The molecular formula is C19H16N2O3S. The average Bonchev–Trinajstić information content (AvgIpc) is 2.68. The minimum Gasteiger partial charge on any atom is -0.355 e. The van der Waals surface area contributed by atoms with Gasteiger partial charge in [0.15, 0.2) is 5.03 Å². The van der Waals surface area contributed by atoms with Crippen LogP contribution in [0.2, 0.25) is 0 Å². The second kappa shape index (κ2) is 6.86. The third-order valence-corrected chi connectivity index (χ3v) is 5.44. The van der Waals surface area contributed by atoms with Gasteiger partial charge in [-0.3, -0.25) is 4.79 Å². The van der Waals surface area contributed by atoms with Crippen LogP contribution in [0.15, 0.2) is 82.8 Å². The number of sulfone groups is 1. The number of nitrogens with one attached hydrogen (secondary N) is 1. The molecule has 1 N–H and O–H groups in total. The Morgan fingerprint density at radius 2 is 1.68 bits per heavy atom. The summed E-state index contributed by atoms with van der Waals surface area (Å²) in [6.45, 7) is 0. The van der Waals surface area contributed by atoms with Gasteiger partial charge in [-0.25, -0.2) is 13.4 Å². The van der Waals surface area contributed by atoms with Gasteiger partial charge in [0, 0.05) is 18.8 Å². The van der Waals surface area contributed by atoms with Gasteiger partial charge in [-0.15, -0.1) is 0 Å². The van der Waals surface area contributed by atoms with Crippen LogP contribution in [-0.4, -0.2) is 26.4 Å². The van der Waals surface area contributed by atoms with Crippen LogP contribution in [0.3, 0.4) is 0 Å². The highest BCUT2D eigenvalue weighted by atomic mass is 32.2. The summed E-state index contributed by atoms with van der Waals surface area (Å²) in [4.78, 5) is 16.2. The van der Waals surface area contributed by atoms with E-state index in [1.807, 2.05) is 30.3 Å². The summed E-state index contributed by atoms with van der Waals surface area (Å²) in [5.74, 6) is -0.277. The van der Waals surface area contributed by atoms with E-state index in [1.165, 1.54) is 37.5 Å². The quantitative estimate of drug-likeness (QED) is 0.783. The molecule has 0 fully saturated rings. The van der Waals surface area contributed by atoms with Crippen LogP contribution in [0.1, 0.15) is 10.4 Å². The molecule has 2 aromatic carbocycles. The summed E-state index contributed by atoms with van der Waals surface area (Å²) in [7, 11) is -2.22. The third-order valence-electron chi connectivity index (χ3n) is 3.77. The van der Waals surface area contributed by atoms with Crippen molar-refractivity contribution in [2.45, 2.75) is 9.92 Å². The molecule has 6 heteroatoms. The van der Waals surface area contributed by atoms with Crippen LogP contribution < -0.4 is 5.32 Å². The van der Waals surface area contributed by atoms with Crippen molar-refractivity contribution in [3.05, 3.63) is 78.5 Å². The third kappa shape index (κ3) is 3.29. The Morgan fingerprint density at radius 3 is 2.32 bits per heavy atom. The lowest BCUT2D eigenvalue weighted by Gasteiger charge is -2.11. The molecule has 1 heterocycles. The molecular weight excluding hydrogens is 336 g/mol. The topological polar surface area (TPSA) is 76.1 Å². The Morgan fingerprint density at radius 1 is 0.960 bits per heavy atom. The Kier molecular flexibility index (Phi) is 4.63. The SMILES string of the molecule is CNC(=O)c1ccc(S(=O)(=O)c2ccccn2)cc1-c1ccccc1. The van der Waals surface area contributed by atoms with Gasteiger partial charge in [0.05, 0.1) is 4.90 Å². The number of rotatable bonds is 4. The second-order valence-corrected chi connectivity index (χ2v) is 7.22. The number of hydrogen-bond acceptors (Lipinski definition) is 4. The van der Waals surface area contributed by atoms with Gasteiger partial charge < -0.3 is 5.32 Å². The molecule has 0 spiro atoms. The Bertz CT molecular complexity index is 1000. The standard InChI is InChI=1S/C19H16N2O3S/c1-20-19(22)16-11-10-15(13-17(16)14-7-3-2-4-8-14)25(23,24)18-9-5-6-12-21-18/h2-13H,1H3,(H,20,22). The number of hydrogen-bond donors (Lipinski definition) is 1. The minimum atomic E-state index is -3.76. The molecule has 5 nitrogen and oxygen atoms in total. The molecule has 0 aliphatic heterocycles. The summed E-state index contributed by atoms with van der Waals surface area (Å²) < 4.78 is 25.6. The Balaban J connectivity index is 2.20. The maximum atomic E-state index is 12.8. The van der Waals surface area contributed by atoms with E-state index < -0.39 is 9.84 Å². The normalized spacial score (nSPS) is 11.1. The van der Waals surface area contributed by atoms with E-state index in [0.29, 0.717) is 11.1 Å². The predicted molar refractivity (Wildman–Crippen MR) is 95.0 cm³/mol. The van der Waals surface area contributed by atoms with Crippen LogP contribution in [0.4, 0.5) is 0 Å². The van der Waals surface area contributed by atoms with Crippen molar-refractivity contribution in [2.75, 3.05) is 7.05 Å². The van der Waals surface area contributed by atoms with E-state index in [4.69, 9.17) is 0 Å². The Hall–Kier alpha value is -2.99. The van der Waals surface area contributed by atoms with E-state index in [-0.39, 0.29) is 15.8 Å². The van der Waals surface area contributed by atoms with Crippen LogP contribution in [0, 0.1) is 0 Å². The van der Waals surface area contributed by atoms with E-state index in [1.54, 1.807) is 12.1 Å². The molecule has 3 aromatic rings. The lowest BCUT2D eigenvalue weighted by Crippen LogP contribution is -2.19. The second-order valence-electron chi connectivity index (χ2n) is 5.32. The molecule has 0 atom stereocenters. The first kappa shape index (κ1) is 16.9. The summed E-state index contributed by atoms with van der Waals surface area (Å²) in [6.07, 6.45) is 1.43. The number of aromatic nitrogens is 1. The van der Waals surface area contributed by atoms with Crippen molar-refractivity contribution in [3.63, 3.8) is 0 Å². The van der Waals surface area contributed by atoms with Gasteiger partial charge in [-0.1, -0.05) is 36.4 Å². The number of nitrogens with zero attached hydrogens (tertiary/aromatic N) is 1. The average molecular weight is 352 g/mol. The van der Waals surface area contributed by atoms with Crippen molar-refractivity contribution in [3.8, 4) is 11.1 Å². The minimum absolute atomic E-state index is 0.0262. The Labute approximate surface area is 146 Å². The monoisotopic (exact) mass is 352 g/mol. The summed E-state index contributed by atoms with van der Waals surface area (Å²) in [5, 5.41) is 2.55. The molecule has 0 aliphatic carbocycles. The zero-order chi connectivity index (χ0) is 17.9. The fraction of sp³-hybridized carbons (Fsp3) is 0.0526. The first-order chi connectivity index (χ1) is 12.0. The van der Waals surface area contributed by atoms with E-state index >= 15 is 0 Å². The van der Waals surface area contributed by atoms with Crippen molar-refractivity contribution in [2.24, 2.45) is 0 Å². The molecule has 0 bridgehead atoms.